The number of ether oxygens (including phenoxy) is 3. The maximum Gasteiger partial charge on any atom is 0.334 e. The predicted octanol–water partition coefficient (Wildman–Crippen LogP) is 2.69. The highest BCUT2D eigenvalue weighted by Gasteiger charge is 1.97. The molecule has 0 saturated heterocycles. The highest BCUT2D eigenvalue weighted by atomic mass is 16.7. The second-order valence-corrected chi connectivity index (χ2v) is 3.77. The standard InChI is InChI=1S/C15H18O5/c1-3-19-15(17)10-13(16)7-4-12-5-8-14(9-6-12)20-11-18-2/h4-10,16H,3,11H2,1-2H3. The van der Waals surface area contributed by atoms with E-state index in [-0.39, 0.29) is 19.2 Å². The first-order valence-corrected chi connectivity index (χ1v) is 6.13. The summed E-state index contributed by atoms with van der Waals surface area (Å²) in [6.07, 6.45) is 4.11. The lowest BCUT2D eigenvalue weighted by Crippen LogP contribution is -2.00. The number of rotatable bonds is 7. The van der Waals surface area contributed by atoms with Crippen molar-refractivity contribution in [2.45, 2.75) is 6.92 Å². The number of hydrogen-bond acceptors (Lipinski definition) is 5. The van der Waals surface area contributed by atoms with Gasteiger partial charge in [-0.2, -0.15) is 0 Å². The molecule has 0 saturated carbocycles. The zero-order valence-corrected chi connectivity index (χ0v) is 11.5. The Hall–Kier alpha value is -2.27. The number of hydrogen-bond donors (Lipinski definition) is 1. The van der Waals surface area contributed by atoms with Crippen LogP contribution in [0.2, 0.25) is 0 Å². The third-order valence-corrected chi connectivity index (χ3v) is 2.22. The maximum absolute atomic E-state index is 11.1. The summed E-state index contributed by atoms with van der Waals surface area (Å²) in [7, 11) is 1.55. The van der Waals surface area contributed by atoms with Gasteiger partial charge in [0.05, 0.1) is 12.7 Å². The molecule has 0 aliphatic heterocycles. The Bertz CT molecular complexity index is 474. The number of carbonyl (C=O) groups is 1. The summed E-state index contributed by atoms with van der Waals surface area (Å²) in [5.74, 6) is -0.0450. The van der Waals surface area contributed by atoms with Crippen molar-refractivity contribution in [2.24, 2.45) is 0 Å². The van der Waals surface area contributed by atoms with Crippen LogP contribution in [0, 0.1) is 0 Å². The molecule has 1 aromatic carbocycles. The van der Waals surface area contributed by atoms with E-state index in [4.69, 9.17) is 9.47 Å². The first-order valence-electron chi connectivity index (χ1n) is 6.13. The van der Waals surface area contributed by atoms with Crippen molar-refractivity contribution in [1.82, 2.24) is 0 Å². The molecule has 108 valence electrons. The molecule has 0 aliphatic carbocycles. The fourth-order valence-corrected chi connectivity index (χ4v) is 1.34. The summed E-state index contributed by atoms with van der Waals surface area (Å²) in [6.45, 7) is 2.17. The van der Waals surface area contributed by atoms with Crippen molar-refractivity contribution < 1.29 is 24.1 Å². The minimum atomic E-state index is -0.571. The van der Waals surface area contributed by atoms with Crippen LogP contribution in [0.5, 0.6) is 5.75 Å². The molecule has 5 heteroatoms. The largest absolute Gasteiger partial charge is 0.508 e. The molecule has 0 radical (unpaired) electrons. The third-order valence-electron chi connectivity index (χ3n) is 2.22. The Morgan fingerprint density at radius 2 is 2.00 bits per heavy atom. The molecule has 0 bridgehead atoms. The van der Waals surface area contributed by atoms with Gasteiger partial charge in [-0.1, -0.05) is 18.2 Å². The van der Waals surface area contributed by atoms with Crippen LogP contribution in [-0.2, 0) is 14.3 Å². The fraction of sp³-hybridized carbons (Fsp3) is 0.267. The van der Waals surface area contributed by atoms with Crippen molar-refractivity contribution in [2.75, 3.05) is 20.5 Å². The number of methoxy groups -OCH3 is 1. The predicted molar refractivity (Wildman–Crippen MR) is 75.3 cm³/mol. The molecule has 0 aromatic heterocycles. The molecule has 0 heterocycles. The second-order valence-electron chi connectivity index (χ2n) is 3.77. The Morgan fingerprint density at radius 3 is 2.60 bits per heavy atom. The van der Waals surface area contributed by atoms with Gasteiger partial charge < -0.3 is 19.3 Å². The van der Waals surface area contributed by atoms with Crippen molar-refractivity contribution in [1.29, 1.82) is 0 Å². The van der Waals surface area contributed by atoms with Crippen molar-refractivity contribution in [3.63, 3.8) is 0 Å². The van der Waals surface area contributed by atoms with E-state index in [1.165, 1.54) is 6.08 Å². The first kappa shape index (κ1) is 15.8. The molecule has 1 N–H and O–H groups in total. The molecule has 20 heavy (non-hydrogen) atoms. The van der Waals surface area contributed by atoms with Gasteiger partial charge in [0.1, 0.15) is 11.5 Å². The highest BCUT2D eigenvalue weighted by Crippen LogP contribution is 2.13. The SMILES string of the molecule is CCOC(=O)C=C(O)C=Cc1ccc(OCOC)cc1. The molecule has 1 aromatic rings. The van der Waals surface area contributed by atoms with Crippen LogP contribution in [0.3, 0.4) is 0 Å². The van der Waals surface area contributed by atoms with E-state index in [0.717, 1.165) is 11.6 Å². The van der Waals surface area contributed by atoms with Gasteiger partial charge in [0.15, 0.2) is 6.79 Å². The average molecular weight is 278 g/mol. The minimum Gasteiger partial charge on any atom is -0.508 e. The lowest BCUT2D eigenvalue weighted by molar-refractivity contribution is -0.137. The van der Waals surface area contributed by atoms with Crippen LogP contribution >= 0.6 is 0 Å². The van der Waals surface area contributed by atoms with Crippen LogP contribution in [0.1, 0.15) is 12.5 Å². The van der Waals surface area contributed by atoms with E-state index in [1.807, 2.05) is 12.1 Å². The molecule has 0 spiro atoms. The Kier molecular flexibility index (Phi) is 6.92. The molecule has 1 rings (SSSR count). The molecule has 0 amide bonds. The van der Waals surface area contributed by atoms with Gasteiger partial charge in [-0.25, -0.2) is 4.79 Å². The summed E-state index contributed by atoms with van der Waals surface area (Å²) in [6, 6.07) is 7.20. The Balaban J connectivity index is 2.59. The molecule has 5 nitrogen and oxygen atoms in total. The lowest BCUT2D eigenvalue weighted by atomic mass is 10.2. The van der Waals surface area contributed by atoms with Gasteiger partial charge in [-0.05, 0) is 30.7 Å². The van der Waals surface area contributed by atoms with Crippen LogP contribution in [0.4, 0.5) is 0 Å². The van der Waals surface area contributed by atoms with Crippen molar-refractivity contribution >= 4 is 12.0 Å². The normalized spacial score (nSPS) is 11.6. The maximum atomic E-state index is 11.1. The zero-order valence-electron chi connectivity index (χ0n) is 11.5. The topological polar surface area (TPSA) is 65.0 Å². The number of esters is 1. The Morgan fingerprint density at radius 1 is 1.30 bits per heavy atom. The molecular formula is C15H18O5. The number of benzene rings is 1. The first-order chi connectivity index (χ1) is 9.65. The summed E-state index contributed by atoms with van der Waals surface area (Å²) in [5.41, 5.74) is 0.860. The molecule has 0 atom stereocenters. The summed E-state index contributed by atoms with van der Waals surface area (Å²) in [5, 5.41) is 9.51. The van der Waals surface area contributed by atoms with E-state index in [9.17, 15) is 9.90 Å². The van der Waals surface area contributed by atoms with Gasteiger partial charge in [-0.3, -0.25) is 0 Å². The van der Waals surface area contributed by atoms with Gasteiger partial charge in [-0.15, -0.1) is 0 Å². The van der Waals surface area contributed by atoms with E-state index in [0.29, 0.717) is 5.75 Å². The molecule has 0 fully saturated rings. The van der Waals surface area contributed by atoms with Gasteiger partial charge in [0.25, 0.3) is 0 Å². The van der Waals surface area contributed by atoms with E-state index in [1.54, 1.807) is 32.2 Å². The number of aliphatic hydroxyl groups excluding tert-OH is 1. The fourth-order valence-electron chi connectivity index (χ4n) is 1.34. The Labute approximate surface area is 118 Å². The van der Waals surface area contributed by atoms with Gasteiger partial charge >= 0.3 is 5.97 Å². The van der Waals surface area contributed by atoms with Crippen molar-refractivity contribution in [3.05, 3.63) is 47.7 Å². The van der Waals surface area contributed by atoms with E-state index < -0.39 is 5.97 Å². The smallest absolute Gasteiger partial charge is 0.334 e. The molecule has 0 aliphatic rings. The van der Waals surface area contributed by atoms with Crippen LogP contribution in [-0.4, -0.2) is 31.6 Å². The van der Waals surface area contributed by atoms with Gasteiger partial charge in [0.2, 0.25) is 0 Å². The van der Waals surface area contributed by atoms with Crippen LogP contribution in [0.25, 0.3) is 6.08 Å². The number of allylic oxidation sites excluding steroid dienone is 1. The third kappa shape index (κ3) is 6.06. The summed E-state index contributed by atoms with van der Waals surface area (Å²) >= 11 is 0. The monoisotopic (exact) mass is 278 g/mol. The molecular weight excluding hydrogens is 260 g/mol. The average Bonchev–Trinajstić information content (AvgIpc) is 2.44. The second kappa shape index (κ2) is 8.77. The summed E-state index contributed by atoms with van der Waals surface area (Å²) < 4.78 is 14.7. The highest BCUT2D eigenvalue weighted by molar-refractivity contribution is 5.83. The molecule has 0 unspecified atom stereocenters. The zero-order chi connectivity index (χ0) is 14.8. The quantitative estimate of drug-likeness (QED) is 0.273. The summed E-state index contributed by atoms with van der Waals surface area (Å²) in [4.78, 5) is 11.1. The lowest BCUT2D eigenvalue weighted by Gasteiger charge is -2.04. The number of carbonyl (C=O) groups excluding carboxylic acids is 1. The van der Waals surface area contributed by atoms with E-state index in [2.05, 4.69) is 4.74 Å². The van der Waals surface area contributed by atoms with Crippen LogP contribution in [0.15, 0.2) is 42.2 Å². The van der Waals surface area contributed by atoms with E-state index >= 15 is 0 Å². The van der Waals surface area contributed by atoms with Gasteiger partial charge in [0, 0.05) is 7.11 Å². The number of aliphatic hydroxyl groups is 1. The van der Waals surface area contributed by atoms with Crippen molar-refractivity contribution in [3.8, 4) is 5.75 Å². The minimum absolute atomic E-state index is 0.164. The van der Waals surface area contributed by atoms with Crippen LogP contribution < -0.4 is 4.74 Å².